The van der Waals surface area contributed by atoms with Crippen LogP contribution in [0.2, 0.25) is 0 Å². The molecular formula is C23H31F3N4O. The number of aromatic nitrogens is 3. The highest BCUT2D eigenvalue weighted by Gasteiger charge is 2.42. The molecule has 1 saturated heterocycles. The molecule has 0 N–H and O–H groups in total. The normalized spacial score (nSPS) is 27.6. The monoisotopic (exact) mass is 436 g/mol. The standard InChI is InChI=1S/C23H31F3N4O/c1-14-15(2)27-20-12-19(17-6-8-18(9-7-17)23(24,25)26)28-30(20)21(14)22(4)10-5-11-29(13-22)16(3)31/h12,17-18H,5-11,13H2,1-4H3/t17-,18-,22-/m0/s1. The summed E-state index contributed by atoms with van der Waals surface area (Å²) in [5, 5.41) is 4.89. The molecule has 2 aromatic rings. The number of rotatable bonds is 2. The van der Waals surface area contributed by atoms with Gasteiger partial charge in [-0.25, -0.2) is 9.50 Å². The number of likely N-dealkylation sites (tertiary alicyclic amines) is 1. The lowest BCUT2D eigenvalue weighted by Gasteiger charge is -2.41. The summed E-state index contributed by atoms with van der Waals surface area (Å²) in [5.41, 5.74) is 4.38. The van der Waals surface area contributed by atoms with Crippen LogP contribution in [0.15, 0.2) is 6.07 Å². The third-order valence-electron chi connectivity index (χ3n) is 7.42. The lowest BCUT2D eigenvalue weighted by molar-refractivity contribution is -0.182. The zero-order chi connectivity index (χ0) is 22.6. The fraction of sp³-hybridized carbons (Fsp3) is 0.696. The molecule has 2 fully saturated rings. The van der Waals surface area contributed by atoms with Gasteiger partial charge in [-0.1, -0.05) is 6.92 Å². The molecule has 4 rings (SSSR count). The molecule has 0 unspecified atom stereocenters. The molecule has 1 saturated carbocycles. The second kappa shape index (κ2) is 7.78. The van der Waals surface area contributed by atoms with Crippen molar-refractivity contribution < 1.29 is 18.0 Å². The van der Waals surface area contributed by atoms with E-state index in [0.29, 0.717) is 19.4 Å². The maximum Gasteiger partial charge on any atom is 0.391 e. The molecule has 2 aromatic heterocycles. The Morgan fingerprint density at radius 3 is 2.48 bits per heavy atom. The lowest BCUT2D eigenvalue weighted by Crippen LogP contribution is -2.47. The summed E-state index contributed by atoms with van der Waals surface area (Å²) in [4.78, 5) is 18.7. The Balaban J connectivity index is 1.70. The molecule has 0 aromatic carbocycles. The Hall–Kier alpha value is -2.12. The summed E-state index contributed by atoms with van der Waals surface area (Å²) < 4.78 is 41.1. The molecule has 170 valence electrons. The van der Waals surface area contributed by atoms with Gasteiger partial charge in [0.25, 0.3) is 0 Å². The van der Waals surface area contributed by atoms with Crippen LogP contribution in [-0.4, -0.2) is 44.7 Å². The number of nitrogens with zero attached hydrogens (tertiary/aromatic N) is 4. The molecular weight excluding hydrogens is 405 g/mol. The van der Waals surface area contributed by atoms with Crippen molar-refractivity contribution in [3.8, 4) is 0 Å². The van der Waals surface area contributed by atoms with Gasteiger partial charge in [-0.2, -0.15) is 18.3 Å². The second-order valence-electron chi connectivity index (χ2n) is 9.70. The van der Waals surface area contributed by atoms with Gasteiger partial charge in [0.15, 0.2) is 5.65 Å². The van der Waals surface area contributed by atoms with Crippen LogP contribution in [0.4, 0.5) is 13.2 Å². The number of halogens is 3. The van der Waals surface area contributed by atoms with Crippen LogP contribution in [0, 0.1) is 19.8 Å². The minimum Gasteiger partial charge on any atom is -0.342 e. The van der Waals surface area contributed by atoms with Gasteiger partial charge in [-0.3, -0.25) is 4.79 Å². The van der Waals surface area contributed by atoms with Crippen molar-refractivity contribution in [3.05, 3.63) is 28.7 Å². The summed E-state index contributed by atoms with van der Waals surface area (Å²) in [6.45, 7) is 9.21. The van der Waals surface area contributed by atoms with Gasteiger partial charge >= 0.3 is 6.18 Å². The Bertz CT molecular complexity index is 991. The number of fused-ring (bicyclic) bond motifs is 1. The van der Waals surface area contributed by atoms with E-state index in [1.807, 2.05) is 29.3 Å². The fourth-order valence-corrected chi connectivity index (χ4v) is 5.54. The van der Waals surface area contributed by atoms with E-state index >= 15 is 0 Å². The van der Waals surface area contributed by atoms with Gasteiger partial charge in [0, 0.05) is 43.1 Å². The largest absolute Gasteiger partial charge is 0.391 e. The van der Waals surface area contributed by atoms with Crippen LogP contribution < -0.4 is 0 Å². The summed E-state index contributed by atoms with van der Waals surface area (Å²) in [7, 11) is 0. The quantitative estimate of drug-likeness (QED) is 0.660. The average Bonchev–Trinajstić information content (AvgIpc) is 3.11. The van der Waals surface area contributed by atoms with Gasteiger partial charge in [0.2, 0.25) is 5.91 Å². The van der Waals surface area contributed by atoms with E-state index < -0.39 is 12.1 Å². The zero-order valence-electron chi connectivity index (χ0n) is 18.7. The van der Waals surface area contributed by atoms with Crippen LogP contribution in [-0.2, 0) is 10.2 Å². The maximum atomic E-state index is 13.1. The van der Waals surface area contributed by atoms with E-state index in [-0.39, 0.29) is 30.1 Å². The number of hydrogen-bond donors (Lipinski definition) is 0. The molecule has 0 bridgehead atoms. The molecule has 3 heterocycles. The molecule has 1 atom stereocenters. The van der Waals surface area contributed by atoms with Gasteiger partial charge < -0.3 is 4.90 Å². The van der Waals surface area contributed by atoms with Crippen LogP contribution in [0.25, 0.3) is 5.65 Å². The van der Waals surface area contributed by atoms with Crippen molar-refractivity contribution in [2.75, 3.05) is 13.1 Å². The number of carbonyl (C=O) groups excluding carboxylic acids is 1. The Morgan fingerprint density at radius 2 is 1.87 bits per heavy atom. The topological polar surface area (TPSA) is 50.5 Å². The van der Waals surface area contributed by atoms with Crippen LogP contribution in [0.3, 0.4) is 0 Å². The molecule has 1 aliphatic heterocycles. The van der Waals surface area contributed by atoms with E-state index in [1.54, 1.807) is 6.92 Å². The van der Waals surface area contributed by atoms with Crippen molar-refractivity contribution in [1.29, 1.82) is 0 Å². The van der Waals surface area contributed by atoms with E-state index in [1.165, 1.54) is 0 Å². The number of amides is 1. The van der Waals surface area contributed by atoms with Crippen LogP contribution >= 0.6 is 0 Å². The molecule has 8 heteroatoms. The fourth-order valence-electron chi connectivity index (χ4n) is 5.54. The summed E-state index contributed by atoms with van der Waals surface area (Å²) in [5.74, 6) is -1.09. The number of alkyl halides is 3. The summed E-state index contributed by atoms with van der Waals surface area (Å²) in [6.07, 6.45) is -0.925. The number of hydrogen-bond acceptors (Lipinski definition) is 3. The van der Waals surface area contributed by atoms with Gasteiger partial charge in [0.1, 0.15) is 0 Å². The highest BCUT2D eigenvalue weighted by molar-refractivity contribution is 5.73. The summed E-state index contributed by atoms with van der Waals surface area (Å²) >= 11 is 0. The Kier molecular flexibility index (Phi) is 5.54. The van der Waals surface area contributed by atoms with Gasteiger partial charge in [-0.05, 0) is 57.9 Å². The van der Waals surface area contributed by atoms with Crippen molar-refractivity contribution >= 4 is 11.6 Å². The lowest BCUT2D eigenvalue weighted by atomic mass is 9.77. The SMILES string of the molecule is CC(=O)N1CCC[C@](C)(c2c(C)c(C)nc3cc([C@H]4CC[C@H](C(F)(F)F)CC4)nn23)C1. The smallest absolute Gasteiger partial charge is 0.342 e. The molecule has 31 heavy (non-hydrogen) atoms. The molecule has 0 spiro atoms. The van der Waals surface area contributed by atoms with Gasteiger partial charge in [-0.15, -0.1) is 0 Å². The van der Waals surface area contributed by atoms with Crippen molar-refractivity contribution in [2.24, 2.45) is 5.92 Å². The predicted octanol–water partition coefficient (Wildman–Crippen LogP) is 5.08. The average molecular weight is 437 g/mol. The first-order valence-corrected chi connectivity index (χ1v) is 11.2. The Labute approximate surface area is 181 Å². The third-order valence-corrected chi connectivity index (χ3v) is 7.42. The van der Waals surface area contributed by atoms with Crippen molar-refractivity contribution in [2.45, 2.75) is 83.7 Å². The number of aryl methyl sites for hydroxylation is 1. The second-order valence-corrected chi connectivity index (χ2v) is 9.70. The first-order valence-electron chi connectivity index (χ1n) is 11.2. The molecule has 5 nitrogen and oxygen atoms in total. The van der Waals surface area contributed by atoms with E-state index in [2.05, 4.69) is 6.92 Å². The van der Waals surface area contributed by atoms with E-state index in [4.69, 9.17) is 10.1 Å². The minimum atomic E-state index is -4.11. The third kappa shape index (κ3) is 4.05. The van der Waals surface area contributed by atoms with Gasteiger partial charge in [0.05, 0.1) is 17.3 Å². The predicted molar refractivity (Wildman–Crippen MR) is 112 cm³/mol. The highest BCUT2D eigenvalue weighted by atomic mass is 19.4. The number of piperidine rings is 1. The molecule has 1 aliphatic carbocycles. The summed E-state index contributed by atoms with van der Waals surface area (Å²) in [6, 6.07) is 1.95. The van der Waals surface area contributed by atoms with Crippen molar-refractivity contribution in [1.82, 2.24) is 19.5 Å². The first-order chi connectivity index (χ1) is 14.5. The van der Waals surface area contributed by atoms with Crippen LogP contribution in [0.1, 0.15) is 80.9 Å². The van der Waals surface area contributed by atoms with E-state index in [9.17, 15) is 18.0 Å². The highest BCUT2D eigenvalue weighted by Crippen LogP contribution is 2.43. The first kappa shape index (κ1) is 22.1. The molecule has 0 radical (unpaired) electrons. The van der Waals surface area contributed by atoms with E-state index in [0.717, 1.165) is 47.7 Å². The maximum absolute atomic E-state index is 13.1. The minimum absolute atomic E-state index is 0.0293. The zero-order valence-corrected chi connectivity index (χ0v) is 18.7. The molecule has 2 aliphatic rings. The van der Waals surface area contributed by atoms with Crippen molar-refractivity contribution in [3.63, 3.8) is 0 Å². The Morgan fingerprint density at radius 1 is 1.19 bits per heavy atom. The number of carbonyl (C=O) groups is 1. The molecule has 1 amide bonds. The van der Waals surface area contributed by atoms with Crippen LogP contribution in [0.5, 0.6) is 0 Å².